The molecule has 0 spiro atoms. The first-order valence-electron chi connectivity index (χ1n) is 10.1. The Bertz CT molecular complexity index is 1080. The van der Waals surface area contributed by atoms with Crippen molar-refractivity contribution in [2.75, 3.05) is 20.8 Å². The Morgan fingerprint density at radius 2 is 2.03 bits per heavy atom. The van der Waals surface area contributed by atoms with Gasteiger partial charge in [0.15, 0.2) is 11.5 Å². The standard InChI is InChI=1S/C22H26N4O4/c1-5-26-12-24-17-10-16(14-6-7-18(28-3)19(8-14)29-4)25-22(21(17)26)30-13(2)15-9-20(27)23-11-15/h6-8,10,12-13,15H,5,9,11H2,1-4H3,(H,23,27)/t13-,15-/m1/s1. The Kier molecular flexibility index (Phi) is 5.48. The number of aromatic nitrogens is 3. The van der Waals surface area contributed by atoms with Gasteiger partial charge >= 0.3 is 0 Å². The van der Waals surface area contributed by atoms with E-state index in [4.69, 9.17) is 19.2 Å². The number of imidazole rings is 1. The predicted molar refractivity (Wildman–Crippen MR) is 113 cm³/mol. The molecule has 1 fully saturated rings. The van der Waals surface area contributed by atoms with Crippen LogP contribution in [-0.4, -0.2) is 47.3 Å². The molecule has 158 valence electrons. The minimum absolute atomic E-state index is 0.0613. The predicted octanol–water partition coefficient (Wildman–Crippen LogP) is 3.04. The second-order valence-electron chi connectivity index (χ2n) is 7.37. The summed E-state index contributed by atoms with van der Waals surface area (Å²) in [4.78, 5) is 21.0. The minimum atomic E-state index is -0.166. The van der Waals surface area contributed by atoms with Crippen LogP contribution in [0, 0.1) is 5.92 Å². The first-order valence-corrected chi connectivity index (χ1v) is 10.1. The van der Waals surface area contributed by atoms with Gasteiger partial charge in [0.1, 0.15) is 11.6 Å². The van der Waals surface area contributed by atoms with E-state index in [1.54, 1.807) is 20.5 Å². The van der Waals surface area contributed by atoms with Gasteiger partial charge in [-0.05, 0) is 38.1 Å². The number of pyridine rings is 1. The van der Waals surface area contributed by atoms with E-state index in [2.05, 4.69) is 17.2 Å². The van der Waals surface area contributed by atoms with E-state index < -0.39 is 0 Å². The van der Waals surface area contributed by atoms with Crippen molar-refractivity contribution in [1.82, 2.24) is 19.9 Å². The lowest BCUT2D eigenvalue weighted by molar-refractivity contribution is -0.119. The molecule has 3 heterocycles. The van der Waals surface area contributed by atoms with E-state index in [9.17, 15) is 4.79 Å². The highest BCUT2D eigenvalue weighted by atomic mass is 16.5. The van der Waals surface area contributed by atoms with E-state index in [0.717, 1.165) is 28.8 Å². The summed E-state index contributed by atoms with van der Waals surface area (Å²) in [6.45, 7) is 5.40. The first kappa shape index (κ1) is 20.0. The van der Waals surface area contributed by atoms with Crippen LogP contribution in [-0.2, 0) is 11.3 Å². The molecule has 0 saturated carbocycles. The number of amides is 1. The maximum absolute atomic E-state index is 11.6. The number of fused-ring (bicyclic) bond motifs is 1. The lowest BCUT2D eigenvalue weighted by Gasteiger charge is -2.20. The summed E-state index contributed by atoms with van der Waals surface area (Å²) in [5.41, 5.74) is 3.26. The van der Waals surface area contributed by atoms with Crippen molar-refractivity contribution in [1.29, 1.82) is 0 Å². The van der Waals surface area contributed by atoms with Crippen molar-refractivity contribution in [3.8, 4) is 28.6 Å². The number of methoxy groups -OCH3 is 2. The number of hydrogen-bond donors (Lipinski definition) is 1. The largest absolute Gasteiger partial charge is 0.493 e. The normalized spacial score (nSPS) is 17.1. The number of nitrogens with zero attached hydrogens (tertiary/aromatic N) is 3. The zero-order chi connectivity index (χ0) is 21.3. The highest BCUT2D eigenvalue weighted by molar-refractivity contribution is 5.85. The number of ether oxygens (including phenoxy) is 3. The van der Waals surface area contributed by atoms with Gasteiger partial charge in [0.2, 0.25) is 11.8 Å². The molecule has 8 heteroatoms. The van der Waals surface area contributed by atoms with Gasteiger partial charge in [0.05, 0.1) is 31.8 Å². The first-order chi connectivity index (χ1) is 14.5. The number of carbonyl (C=O) groups is 1. The van der Waals surface area contributed by atoms with Crippen LogP contribution in [0.1, 0.15) is 20.3 Å². The fraction of sp³-hybridized carbons (Fsp3) is 0.409. The van der Waals surface area contributed by atoms with Crippen molar-refractivity contribution in [2.45, 2.75) is 32.9 Å². The molecule has 3 aromatic rings. The molecule has 2 aromatic heterocycles. The van der Waals surface area contributed by atoms with Crippen LogP contribution >= 0.6 is 0 Å². The fourth-order valence-electron chi connectivity index (χ4n) is 3.76. The van der Waals surface area contributed by atoms with Gasteiger partial charge in [0.25, 0.3) is 0 Å². The third-order valence-electron chi connectivity index (χ3n) is 5.55. The zero-order valence-corrected chi connectivity index (χ0v) is 17.6. The van der Waals surface area contributed by atoms with E-state index in [1.807, 2.05) is 35.8 Å². The second kappa shape index (κ2) is 8.22. The highest BCUT2D eigenvalue weighted by Crippen LogP contribution is 2.35. The Morgan fingerprint density at radius 3 is 2.70 bits per heavy atom. The van der Waals surface area contributed by atoms with Gasteiger partial charge in [-0.2, -0.15) is 0 Å². The van der Waals surface area contributed by atoms with Gasteiger partial charge in [-0.3, -0.25) is 4.79 Å². The lowest BCUT2D eigenvalue weighted by Crippen LogP contribution is -2.26. The van der Waals surface area contributed by atoms with Gasteiger partial charge in [0, 0.05) is 31.0 Å². The Morgan fingerprint density at radius 1 is 1.23 bits per heavy atom. The van der Waals surface area contributed by atoms with Crippen LogP contribution < -0.4 is 19.5 Å². The number of aryl methyl sites for hydroxylation is 1. The number of carbonyl (C=O) groups excluding carboxylic acids is 1. The molecule has 0 aliphatic carbocycles. The van der Waals surface area contributed by atoms with Crippen LogP contribution in [0.2, 0.25) is 0 Å². The van der Waals surface area contributed by atoms with Gasteiger partial charge in [-0.1, -0.05) is 0 Å². The monoisotopic (exact) mass is 410 g/mol. The minimum Gasteiger partial charge on any atom is -0.493 e. The molecule has 1 N–H and O–H groups in total. The maximum atomic E-state index is 11.6. The van der Waals surface area contributed by atoms with Gasteiger partial charge in [-0.15, -0.1) is 0 Å². The number of hydrogen-bond acceptors (Lipinski definition) is 6. The summed E-state index contributed by atoms with van der Waals surface area (Å²) in [5.74, 6) is 1.97. The molecule has 1 amide bonds. The second-order valence-corrected chi connectivity index (χ2v) is 7.37. The Hall–Kier alpha value is -3.29. The quantitative estimate of drug-likeness (QED) is 0.644. The number of benzene rings is 1. The van der Waals surface area contributed by atoms with Crippen LogP contribution in [0.15, 0.2) is 30.6 Å². The summed E-state index contributed by atoms with van der Waals surface area (Å²) < 4.78 is 19.1. The van der Waals surface area contributed by atoms with Gasteiger partial charge < -0.3 is 24.1 Å². The Labute approximate surface area is 175 Å². The number of nitrogens with one attached hydrogen (secondary N) is 1. The molecule has 1 aliphatic rings. The molecule has 0 radical (unpaired) electrons. The summed E-state index contributed by atoms with van der Waals surface area (Å²) in [5, 5.41) is 2.87. The zero-order valence-electron chi connectivity index (χ0n) is 17.6. The molecule has 1 saturated heterocycles. The highest BCUT2D eigenvalue weighted by Gasteiger charge is 2.29. The summed E-state index contributed by atoms with van der Waals surface area (Å²) in [6.07, 6.45) is 2.09. The molecule has 1 aliphatic heterocycles. The van der Waals surface area contributed by atoms with Crippen molar-refractivity contribution in [2.24, 2.45) is 5.92 Å². The average Bonchev–Trinajstić information content (AvgIpc) is 3.39. The molecule has 4 rings (SSSR count). The molecular weight excluding hydrogens is 384 g/mol. The fourth-order valence-corrected chi connectivity index (χ4v) is 3.76. The summed E-state index contributed by atoms with van der Waals surface area (Å²) in [7, 11) is 3.21. The third kappa shape index (κ3) is 3.65. The van der Waals surface area contributed by atoms with Crippen molar-refractivity contribution in [3.05, 3.63) is 30.6 Å². The smallest absolute Gasteiger partial charge is 0.241 e. The summed E-state index contributed by atoms with van der Waals surface area (Å²) >= 11 is 0. The molecule has 2 atom stereocenters. The third-order valence-corrected chi connectivity index (χ3v) is 5.55. The van der Waals surface area contributed by atoms with Crippen LogP contribution in [0.5, 0.6) is 17.4 Å². The van der Waals surface area contributed by atoms with Crippen molar-refractivity contribution >= 4 is 16.9 Å². The SMILES string of the molecule is CCn1cnc2cc(-c3ccc(OC)c(OC)c3)nc(O[C@H](C)[C@H]3CNC(=O)C3)c21. The maximum Gasteiger partial charge on any atom is 0.241 e. The topological polar surface area (TPSA) is 87.5 Å². The molecule has 30 heavy (non-hydrogen) atoms. The molecule has 0 unspecified atom stereocenters. The van der Waals surface area contributed by atoms with Crippen LogP contribution in [0.4, 0.5) is 0 Å². The summed E-state index contributed by atoms with van der Waals surface area (Å²) in [6, 6.07) is 7.61. The van der Waals surface area contributed by atoms with E-state index in [0.29, 0.717) is 30.3 Å². The van der Waals surface area contributed by atoms with Crippen LogP contribution in [0.3, 0.4) is 0 Å². The average molecular weight is 410 g/mol. The van der Waals surface area contributed by atoms with E-state index in [1.165, 1.54) is 0 Å². The Balaban J connectivity index is 1.76. The molecule has 0 bridgehead atoms. The van der Waals surface area contributed by atoms with Gasteiger partial charge in [-0.25, -0.2) is 9.97 Å². The lowest BCUT2D eigenvalue weighted by atomic mass is 10.0. The molecule has 8 nitrogen and oxygen atoms in total. The molecule has 1 aromatic carbocycles. The van der Waals surface area contributed by atoms with E-state index >= 15 is 0 Å². The van der Waals surface area contributed by atoms with Crippen LogP contribution in [0.25, 0.3) is 22.3 Å². The number of rotatable bonds is 7. The molecular formula is C22H26N4O4. The van der Waals surface area contributed by atoms with Crippen molar-refractivity contribution in [3.63, 3.8) is 0 Å². The van der Waals surface area contributed by atoms with Crippen molar-refractivity contribution < 1.29 is 19.0 Å². The van der Waals surface area contributed by atoms with E-state index in [-0.39, 0.29) is 17.9 Å².